The summed E-state index contributed by atoms with van der Waals surface area (Å²) < 4.78 is 1.36. The van der Waals surface area contributed by atoms with Gasteiger partial charge in [0.25, 0.3) is 0 Å². The Labute approximate surface area is 90.7 Å². The van der Waals surface area contributed by atoms with E-state index < -0.39 is 0 Å². The Bertz CT molecular complexity index is 540. The standard InChI is InChI=1S/C9H6ClN5/c10-8-3-6(12)5-13-9(8)15-7(4-11)1-2-14-15/h1-3,5H,12H2. The number of halogens is 1. The van der Waals surface area contributed by atoms with Gasteiger partial charge >= 0.3 is 0 Å². The Morgan fingerprint density at radius 1 is 1.53 bits per heavy atom. The van der Waals surface area contributed by atoms with Crippen molar-refractivity contribution in [3.05, 3.63) is 35.2 Å². The van der Waals surface area contributed by atoms with Gasteiger partial charge in [0.1, 0.15) is 11.8 Å². The third-order valence-electron chi connectivity index (χ3n) is 1.80. The highest BCUT2D eigenvalue weighted by Gasteiger charge is 2.09. The summed E-state index contributed by atoms with van der Waals surface area (Å²) in [6.07, 6.45) is 2.97. The zero-order valence-corrected chi connectivity index (χ0v) is 8.31. The van der Waals surface area contributed by atoms with Crippen molar-refractivity contribution in [3.8, 4) is 11.9 Å². The van der Waals surface area contributed by atoms with E-state index in [1.54, 1.807) is 12.1 Å². The molecule has 0 aliphatic heterocycles. The number of rotatable bonds is 1. The number of nitriles is 1. The van der Waals surface area contributed by atoms with Crippen LogP contribution in [0.5, 0.6) is 0 Å². The second-order valence-corrected chi connectivity index (χ2v) is 3.22. The van der Waals surface area contributed by atoms with Crippen LogP contribution in [0.4, 0.5) is 5.69 Å². The molecule has 2 heterocycles. The minimum absolute atomic E-state index is 0.357. The van der Waals surface area contributed by atoms with Crippen LogP contribution >= 0.6 is 11.6 Å². The van der Waals surface area contributed by atoms with E-state index in [9.17, 15) is 0 Å². The average Bonchev–Trinajstić information content (AvgIpc) is 2.65. The first kappa shape index (κ1) is 9.49. The van der Waals surface area contributed by atoms with Crippen molar-refractivity contribution in [1.29, 1.82) is 5.26 Å². The van der Waals surface area contributed by atoms with Gasteiger partial charge in [-0.1, -0.05) is 11.6 Å². The Hall–Kier alpha value is -2.06. The molecule has 0 atom stereocenters. The second-order valence-electron chi connectivity index (χ2n) is 2.81. The van der Waals surface area contributed by atoms with Crippen LogP contribution in [0.2, 0.25) is 5.02 Å². The predicted molar refractivity (Wildman–Crippen MR) is 55.5 cm³/mol. The van der Waals surface area contributed by atoms with E-state index in [1.807, 2.05) is 6.07 Å². The van der Waals surface area contributed by atoms with Crippen LogP contribution in [-0.4, -0.2) is 14.8 Å². The number of aromatic nitrogens is 3. The molecule has 15 heavy (non-hydrogen) atoms. The van der Waals surface area contributed by atoms with Gasteiger partial charge in [-0.2, -0.15) is 10.4 Å². The van der Waals surface area contributed by atoms with Crippen molar-refractivity contribution in [2.45, 2.75) is 0 Å². The minimum atomic E-state index is 0.357. The van der Waals surface area contributed by atoms with Gasteiger partial charge in [-0.3, -0.25) is 0 Å². The van der Waals surface area contributed by atoms with E-state index in [0.717, 1.165) is 0 Å². The van der Waals surface area contributed by atoms with Gasteiger partial charge in [0.05, 0.1) is 23.1 Å². The van der Waals surface area contributed by atoms with Gasteiger partial charge in [-0.15, -0.1) is 0 Å². The van der Waals surface area contributed by atoms with Crippen molar-refractivity contribution >= 4 is 17.3 Å². The molecule has 0 fully saturated rings. The predicted octanol–water partition coefficient (Wildman–Crippen LogP) is 1.37. The normalized spacial score (nSPS) is 9.87. The molecular weight excluding hydrogens is 214 g/mol. The minimum Gasteiger partial charge on any atom is -0.397 e. The van der Waals surface area contributed by atoms with Crippen LogP contribution < -0.4 is 5.73 Å². The molecule has 0 radical (unpaired) electrons. The zero-order chi connectivity index (χ0) is 10.8. The molecule has 6 heteroatoms. The first-order valence-electron chi connectivity index (χ1n) is 4.08. The van der Waals surface area contributed by atoms with Crippen LogP contribution in [0, 0.1) is 11.3 Å². The zero-order valence-electron chi connectivity index (χ0n) is 7.55. The van der Waals surface area contributed by atoms with Gasteiger partial charge in [-0.05, 0) is 12.1 Å². The van der Waals surface area contributed by atoms with Gasteiger partial charge in [0.2, 0.25) is 0 Å². The third kappa shape index (κ3) is 1.63. The highest BCUT2D eigenvalue weighted by molar-refractivity contribution is 6.32. The fourth-order valence-corrected chi connectivity index (χ4v) is 1.41. The molecule has 0 spiro atoms. The van der Waals surface area contributed by atoms with Crippen molar-refractivity contribution in [2.24, 2.45) is 0 Å². The lowest BCUT2D eigenvalue weighted by atomic mass is 10.4. The van der Waals surface area contributed by atoms with E-state index in [-0.39, 0.29) is 0 Å². The number of pyridine rings is 1. The summed E-state index contributed by atoms with van der Waals surface area (Å²) in [7, 11) is 0. The number of nitrogens with two attached hydrogens (primary N) is 1. The van der Waals surface area contributed by atoms with Gasteiger partial charge in [0.15, 0.2) is 5.82 Å². The average molecular weight is 220 g/mol. The number of anilines is 1. The van der Waals surface area contributed by atoms with Crippen LogP contribution in [-0.2, 0) is 0 Å². The molecule has 0 aliphatic rings. The Morgan fingerprint density at radius 3 is 3.00 bits per heavy atom. The lowest BCUT2D eigenvalue weighted by Crippen LogP contribution is -2.03. The van der Waals surface area contributed by atoms with E-state index in [0.29, 0.717) is 22.2 Å². The molecule has 2 aromatic heterocycles. The Kier molecular flexibility index (Phi) is 2.27. The number of hydrogen-bond acceptors (Lipinski definition) is 4. The van der Waals surface area contributed by atoms with E-state index in [1.165, 1.54) is 17.1 Å². The lowest BCUT2D eigenvalue weighted by Gasteiger charge is -2.04. The molecule has 0 saturated heterocycles. The maximum absolute atomic E-state index is 8.81. The van der Waals surface area contributed by atoms with Crippen molar-refractivity contribution in [1.82, 2.24) is 14.8 Å². The number of nitrogens with zero attached hydrogens (tertiary/aromatic N) is 4. The third-order valence-corrected chi connectivity index (χ3v) is 2.08. The van der Waals surface area contributed by atoms with E-state index >= 15 is 0 Å². The summed E-state index contributed by atoms with van der Waals surface area (Å²) in [5, 5.41) is 13.1. The molecule has 0 aromatic carbocycles. The highest BCUT2D eigenvalue weighted by atomic mass is 35.5. The topological polar surface area (TPSA) is 80.5 Å². The summed E-state index contributed by atoms with van der Waals surface area (Å²) in [5.74, 6) is 0.396. The number of nitrogen functional groups attached to an aromatic ring is 1. The Morgan fingerprint density at radius 2 is 2.33 bits per heavy atom. The monoisotopic (exact) mass is 219 g/mol. The van der Waals surface area contributed by atoms with Crippen LogP contribution in [0.25, 0.3) is 5.82 Å². The fourth-order valence-electron chi connectivity index (χ4n) is 1.16. The maximum Gasteiger partial charge on any atom is 0.173 e. The summed E-state index contributed by atoms with van der Waals surface area (Å²) in [5.41, 5.74) is 6.35. The molecule has 2 rings (SSSR count). The summed E-state index contributed by atoms with van der Waals surface area (Å²) >= 11 is 5.94. The molecule has 74 valence electrons. The van der Waals surface area contributed by atoms with Crippen molar-refractivity contribution in [3.63, 3.8) is 0 Å². The molecule has 0 amide bonds. The molecule has 0 bridgehead atoms. The molecule has 0 saturated carbocycles. The van der Waals surface area contributed by atoms with E-state index in [2.05, 4.69) is 10.1 Å². The first-order chi connectivity index (χ1) is 7.22. The van der Waals surface area contributed by atoms with Crippen molar-refractivity contribution in [2.75, 3.05) is 5.73 Å². The number of hydrogen-bond donors (Lipinski definition) is 1. The SMILES string of the molecule is N#Cc1ccnn1-c1ncc(N)cc1Cl. The quantitative estimate of drug-likeness (QED) is 0.786. The highest BCUT2D eigenvalue weighted by Crippen LogP contribution is 2.20. The molecule has 0 aliphatic carbocycles. The molecule has 0 unspecified atom stereocenters. The molecular formula is C9H6ClN5. The Balaban J connectivity index is 2.60. The second kappa shape index (κ2) is 3.59. The first-order valence-corrected chi connectivity index (χ1v) is 4.45. The molecule has 5 nitrogen and oxygen atoms in total. The molecule has 2 aromatic rings. The van der Waals surface area contributed by atoms with E-state index in [4.69, 9.17) is 22.6 Å². The lowest BCUT2D eigenvalue weighted by molar-refractivity contribution is 0.835. The van der Waals surface area contributed by atoms with Gasteiger partial charge in [0, 0.05) is 0 Å². The fraction of sp³-hybridized carbons (Fsp3) is 0. The van der Waals surface area contributed by atoms with Crippen molar-refractivity contribution < 1.29 is 0 Å². The largest absolute Gasteiger partial charge is 0.397 e. The van der Waals surface area contributed by atoms with Crippen LogP contribution in [0.15, 0.2) is 24.5 Å². The summed E-state index contributed by atoms with van der Waals surface area (Å²) in [6.45, 7) is 0. The molecule has 2 N–H and O–H groups in total. The van der Waals surface area contributed by atoms with Gasteiger partial charge in [-0.25, -0.2) is 9.67 Å². The summed E-state index contributed by atoms with van der Waals surface area (Å²) in [6, 6.07) is 5.13. The summed E-state index contributed by atoms with van der Waals surface area (Å²) in [4.78, 5) is 4.02. The van der Waals surface area contributed by atoms with Crippen LogP contribution in [0.1, 0.15) is 5.69 Å². The maximum atomic E-state index is 8.81. The smallest absolute Gasteiger partial charge is 0.173 e. The van der Waals surface area contributed by atoms with Gasteiger partial charge < -0.3 is 5.73 Å². The van der Waals surface area contributed by atoms with Crippen LogP contribution in [0.3, 0.4) is 0 Å².